The topological polar surface area (TPSA) is 20.2 Å². The van der Waals surface area contributed by atoms with E-state index < -0.39 is 0 Å². The van der Waals surface area contributed by atoms with E-state index in [4.69, 9.17) is 5.11 Å². The fourth-order valence-corrected chi connectivity index (χ4v) is 0.867. The molecular weight excluding hydrogens is 225 g/mol. The molecule has 0 aliphatic rings. The van der Waals surface area contributed by atoms with Crippen molar-refractivity contribution in [3.8, 4) is 5.75 Å². The fraction of sp³-hybridized carbons (Fsp3) is 0.400. The summed E-state index contributed by atoms with van der Waals surface area (Å²) in [5, 5.41) is 9.08. The first-order valence-electron chi connectivity index (χ1n) is 3.44. The van der Waals surface area contributed by atoms with Gasteiger partial charge in [-0.25, -0.2) is 0 Å². The van der Waals surface area contributed by atoms with E-state index in [1.54, 1.807) is 0 Å². The van der Waals surface area contributed by atoms with Gasteiger partial charge in [0.2, 0.25) is 0 Å². The maximum absolute atomic E-state index is 9.08. The molecule has 0 bridgehead atoms. The summed E-state index contributed by atoms with van der Waals surface area (Å²) in [7, 11) is 0. The van der Waals surface area contributed by atoms with Crippen molar-refractivity contribution in [1.29, 1.82) is 0 Å². The molecule has 12 heavy (non-hydrogen) atoms. The monoisotopic (exact) mass is 240 g/mol. The quantitative estimate of drug-likeness (QED) is 0.748. The zero-order valence-electron chi connectivity index (χ0n) is 6.89. The van der Waals surface area contributed by atoms with E-state index in [1.807, 2.05) is 19.1 Å². The Morgan fingerprint density at radius 2 is 2.08 bits per heavy atom. The van der Waals surface area contributed by atoms with Gasteiger partial charge in [0.25, 0.3) is 0 Å². The number of phenolic OH excluding ortho intramolecular Hbond substituents is 1. The Labute approximate surface area is 100 Å². The van der Waals surface area contributed by atoms with Crippen LogP contribution in [0.4, 0.5) is 0 Å². The Morgan fingerprint density at radius 1 is 1.50 bits per heavy atom. The van der Waals surface area contributed by atoms with Gasteiger partial charge in [-0.15, -0.1) is 11.6 Å². The molecule has 0 saturated carbocycles. The summed E-state index contributed by atoms with van der Waals surface area (Å²) in [6.07, 6.45) is 0.998. The van der Waals surface area contributed by atoms with Crippen molar-refractivity contribution in [2.24, 2.45) is 0 Å². The van der Waals surface area contributed by atoms with Gasteiger partial charge in [-0.3, -0.25) is 0 Å². The second-order valence-corrected chi connectivity index (χ2v) is 2.39. The number of benzene rings is 1. The fourth-order valence-electron chi connectivity index (χ4n) is 0.867. The third-order valence-electron chi connectivity index (χ3n) is 1.58. The van der Waals surface area contributed by atoms with Crippen molar-refractivity contribution in [3.63, 3.8) is 0 Å². The number of phenols is 1. The molecule has 0 aliphatic carbocycles. The minimum Gasteiger partial charge on any atom is -0.534 e. The maximum atomic E-state index is 9.08. The van der Waals surface area contributed by atoms with E-state index >= 15 is 0 Å². The first-order chi connectivity index (χ1) is 4.74. The Morgan fingerprint density at radius 3 is 2.50 bits per heavy atom. The number of hydrogen-bond acceptors (Lipinski definition) is 1. The molecule has 1 aromatic carbocycles. The van der Waals surface area contributed by atoms with Crippen LogP contribution < -0.4 is 0 Å². The molecular formula is C10H15OY-. The smallest absolute Gasteiger partial charge is 0.00685 e. The van der Waals surface area contributed by atoms with Gasteiger partial charge in [0, 0.05) is 38.5 Å². The molecule has 1 rings (SSSR count). The molecule has 0 saturated heterocycles. The maximum Gasteiger partial charge on any atom is 0.00685 e. The Kier molecular flexibility index (Phi) is 8.07. The van der Waals surface area contributed by atoms with Crippen LogP contribution in [-0.4, -0.2) is 5.11 Å². The Bertz CT molecular complexity index is 233. The molecule has 0 aliphatic heterocycles. The van der Waals surface area contributed by atoms with Crippen molar-refractivity contribution >= 4 is 0 Å². The molecule has 1 nitrogen and oxygen atoms in total. The molecule has 65 valence electrons. The zero-order chi connectivity index (χ0) is 7.56. The molecule has 2 heteroatoms. The molecule has 0 amide bonds. The van der Waals surface area contributed by atoms with E-state index in [0.717, 1.165) is 12.0 Å². The third-order valence-corrected chi connectivity index (χ3v) is 1.58. The van der Waals surface area contributed by atoms with Crippen LogP contribution in [0.3, 0.4) is 0 Å². The minimum absolute atomic E-state index is 0. The summed E-state index contributed by atoms with van der Waals surface area (Å²) in [4.78, 5) is 0. The first kappa shape index (κ1) is 14.6. The van der Waals surface area contributed by atoms with Crippen LogP contribution in [-0.2, 0) is 39.1 Å². The number of aryl methyl sites for hydroxylation is 2. The van der Waals surface area contributed by atoms with Gasteiger partial charge in [-0.2, -0.15) is 17.7 Å². The van der Waals surface area contributed by atoms with Crippen LogP contribution in [0.1, 0.15) is 25.5 Å². The summed E-state index contributed by atoms with van der Waals surface area (Å²) in [6.45, 7) is 3.96. The van der Waals surface area contributed by atoms with Gasteiger partial charge in [-0.1, -0.05) is 27.7 Å². The zero-order valence-corrected chi connectivity index (χ0v) is 9.72. The van der Waals surface area contributed by atoms with Crippen molar-refractivity contribution in [1.82, 2.24) is 0 Å². The van der Waals surface area contributed by atoms with Crippen molar-refractivity contribution in [2.45, 2.75) is 27.7 Å². The molecule has 1 aromatic rings. The van der Waals surface area contributed by atoms with Gasteiger partial charge in [0.1, 0.15) is 0 Å². The summed E-state index contributed by atoms with van der Waals surface area (Å²) < 4.78 is 0. The van der Waals surface area contributed by atoms with Crippen LogP contribution in [0.25, 0.3) is 0 Å². The minimum atomic E-state index is 0. The number of aromatic hydroxyl groups is 1. The average molecular weight is 240 g/mol. The van der Waals surface area contributed by atoms with Gasteiger partial charge in [0.15, 0.2) is 0 Å². The van der Waals surface area contributed by atoms with Gasteiger partial charge in [0.05, 0.1) is 0 Å². The van der Waals surface area contributed by atoms with E-state index in [2.05, 4.69) is 13.0 Å². The van der Waals surface area contributed by atoms with E-state index in [-0.39, 0.29) is 45.9 Å². The molecule has 0 aromatic heterocycles. The molecule has 0 spiro atoms. The summed E-state index contributed by atoms with van der Waals surface area (Å²) in [5.41, 5.74) is 2.12. The Hall–Kier alpha value is 0.124. The van der Waals surface area contributed by atoms with Gasteiger partial charge < -0.3 is 5.11 Å². The predicted octanol–water partition coefficient (Wildman–Crippen LogP) is 2.70. The van der Waals surface area contributed by atoms with E-state index in [9.17, 15) is 0 Å². The largest absolute Gasteiger partial charge is 0.534 e. The van der Waals surface area contributed by atoms with Crippen LogP contribution in [0, 0.1) is 13.0 Å². The summed E-state index contributed by atoms with van der Waals surface area (Å²) in [5.74, 6) is 0.261. The molecule has 0 heterocycles. The normalized spacial score (nSPS) is 8.17. The van der Waals surface area contributed by atoms with Crippen LogP contribution in [0.5, 0.6) is 5.75 Å². The second kappa shape index (κ2) is 6.62. The molecule has 1 N–H and O–H groups in total. The Balaban J connectivity index is 0. The number of rotatable bonds is 1. The summed E-state index contributed by atoms with van der Waals surface area (Å²) >= 11 is 0. The average Bonchev–Trinajstić information content (AvgIpc) is 1.95. The van der Waals surface area contributed by atoms with Crippen molar-refractivity contribution in [2.75, 3.05) is 0 Å². The standard InChI is InChI=1S/C9H11O.CH4.Y/c1-3-8-4-5-9(10)7(2)6-8;;/h4,6,10H,3H2,1-2H3;1H4;/q-1;;. The second-order valence-electron chi connectivity index (χ2n) is 2.39. The molecule has 0 unspecified atom stereocenters. The van der Waals surface area contributed by atoms with Crippen LogP contribution >= 0.6 is 0 Å². The first-order valence-corrected chi connectivity index (χ1v) is 3.44. The molecule has 1 radical (unpaired) electrons. The number of hydrogen-bond donors (Lipinski definition) is 1. The van der Waals surface area contributed by atoms with Crippen molar-refractivity contribution in [3.05, 3.63) is 29.3 Å². The SMILES string of the molecule is C.CCc1c[c-]c(O)c(C)c1.[Y]. The third kappa shape index (κ3) is 3.68. The predicted molar refractivity (Wildman–Crippen MR) is 47.8 cm³/mol. The van der Waals surface area contributed by atoms with E-state index in [1.165, 1.54) is 5.56 Å². The van der Waals surface area contributed by atoms with Crippen molar-refractivity contribution < 1.29 is 37.8 Å². The van der Waals surface area contributed by atoms with Gasteiger partial charge in [-0.05, 0) is 0 Å². The van der Waals surface area contributed by atoms with Crippen LogP contribution in [0.2, 0.25) is 0 Å². The van der Waals surface area contributed by atoms with Crippen LogP contribution in [0.15, 0.2) is 12.1 Å². The van der Waals surface area contributed by atoms with Gasteiger partial charge >= 0.3 is 0 Å². The summed E-state index contributed by atoms with van der Waals surface area (Å²) in [6, 6.07) is 6.57. The molecule has 0 fully saturated rings. The molecule has 0 atom stereocenters. The van der Waals surface area contributed by atoms with E-state index in [0.29, 0.717) is 0 Å².